The van der Waals surface area contributed by atoms with Crippen molar-refractivity contribution in [3.05, 3.63) is 50.8 Å². The van der Waals surface area contributed by atoms with Crippen molar-refractivity contribution >= 4 is 16.9 Å². The number of nitrogens with zero attached hydrogens (tertiary/aromatic N) is 2. The second-order valence-electron chi connectivity index (χ2n) is 8.16. The molecule has 5 heterocycles. The lowest BCUT2D eigenvalue weighted by Gasteiger charge is -2.31. The van der Waals surface area contributed by atoms with Crippen LogP contribution in [0.4, 0.5) is 8.78 Å². The van der Waals surface area contributed by atoms with E-state index in [9.17, 15) is 28.6 Å². The van der Waals surface area contributed by atoms with Gasteiger partial charge in [-0.05, 0) is 24.1 Å². The highest BCUT2D eigenvalue weighted by atomic mass is 19.3. The summed E-state index contributed by atoms with van der Waals surface area (Å²) in [6.07, 6.45) is -3.81. The van der Waals surface area contributed by atoms with E-state index in [1.54, 1.807) is 6.92 Å². The maximum atomic E-state index is 13.5. The molecule has 0 fully saturated rings. The Balaban J connectivity index is 1.62. The van der Waals surface area contributed by atoms with Crippen molar-refractivity contribution in [2.45, 2.75) is 45.0 Å². The van der Waals surface area contributed by atoms with Gasteiger partial charge in [-0.3, -0.25) is 4.79 Å². The van der Waals surface area contributed by atoms with Crippen LogP contribution in [0.25, 0.3) is 22.3 Å². The Morgan fingerprint density at radius 2 is 1.88 bits per heavy atom. The standard InChI is InChI=1S/C22H16F2N2O7/c1-2-21(30)13-4-15-18-10(6-26(15)19(28)12(13)8-31-20(21)29)11(7-27)9-3-16-17(5-14(9)25-18)33-22(23,24)32-16/h3-5,27,30H,2,6-8H2,1H3. The number of benzene rings is 1. The number of carbonyl (C=O) groups is 1. The number of hydrogen-bond acceptors (Lipinski definition) is 8. The molecule has 3 aliphatic heterocycles. The molecule has 33 heavy (non-hydrogen) atoms. The quantitative estimate of drug-likeness (QED) is 0.437. The number of aliphatic hydroxyl groups is 2. The number of ether oxygens (including phenoxy) is 3. The molecular weight excluding hydrogens is 442 g/mol. The van der Waals surface area contributed by atoms with Gasteiger partial charge in [0.15, 0.2) is 17.1 Å². The Labute approximate surface area is 183 Å². The highest BCUT2D eigenvalue weighted by Crippen LogP contribution is 2.46. The highest BCUT2D eigenvalue weighted by Gasteiger charge is 2.46. The third-order valence-electron chi connectivity index (χ3n) is 6.49. The first kappa shape index (κ1) is 20.1. The van der Waals surface area contributed by atoms with Gasteiger partial charge in [0.2, 0.25) is 0 Å². The first-order valence-electron chi connectivity index (χ1n) is 10.2. The largest absolute Gasteiger partial charge is 0.586 e. The number of fused-ring (bicyclic) bond motifs is 6. The average molecular weight is 458 g/mol. The van der Waals surface area contributed by atoms with Gasteiger partial charge in [0.25, 0.3) is 5.56 Å². The Morgan fingerprint density at radius 1 is 1.15 bits per heavy atom. The summed E-state index contributed by atoms with van der Waals surface area (Å²) >= 11 is 0. The predicted molar refractivity (Wildman–Crippen MR) is 107 cm³/mol. The molecule has 0 radical (unpaired) electrons. The van der Waals surface area contributed by atoms with E-state index in [0.717, 1.165) is 0 Å². The van der Waals surface area contributed by atoms with E-state index in [-0.39, 0.29) is 47.7 Å². The monoisotopic (exact) mass is 458 g/mol. The first-order chi connectivity index (χ1) is 15.7. The maximum Gasteiger partial charge on any atom is 0.586 e. The van der Waals surface area contributed by atoms with Crippen molar-refractivity contribution in [2.75, 3.05) is 0 Å². The van der Waals surface area contributed by atoms with Crippen LogP contribution in [-0.4, -0.2) is 32.0 Å². The molecule has 9 nitrogen and oxygen atoms in total. The number of esters is 1. The zero-order valence-electron chi connectivity index (χ0n) is 17.1. The molecule has 1 atom stereocenters. The summed E-state index contributed by atoms with van der Waals surface area (Å²) < 4.78 is 42.6. The number of aromatic nitrogens is 2. The summed E-state index contributed by atoms with van der Waals surface area (Å²) in [7, 11) is 0. The first-order valence-corrected chi connectivity index (χ1v) is 10.2. The van der Waals surface area contributed by atoms with Crippen molar-refractivity contribution in [1.29, 1.82) is 0 Å². The Morgan fingerprint density at radius 3 is 2.58 bits per heavy atom. The van der Waals surface area contributed by atoms with Gasteiger partial charge < -0.3 is 29.0 Å². The number of cyclic esters (lactones) is 1. The van der Waals surface area contributed by atoms with Gasteiger partial charge in [0, 0.05) is 22.6 Å². The van der Waals surface area contributed by atoms with E-state index in [1.165, 1.54) is 22.8 Å². The van der Waals surface area contributed by atoms with E-state index in [2.05, 4.69) is 14.5 Å². The molecule has 2 aromatic heterocycles. The summed E-state index contributed by atoms with van der Waals surface area (Å²) in [4.78, 5) is 30.1. The van der Waals surface area contributed by atoms with Crippen LogP contribution in [-0.2, 0) is 34.9 Å². The fourth-order valence-electron chi connectivity index (χ4n) is 4.79. The van der Waals surface area contributed by atoms with Crippen molar-refractivity contribution < 1.29 is 38.0 Å². The molecule has 0 aliphatic carbocycles. The summed E-state index contributed by atoms with van der Waals surface area (Å²) in [6, 6.07) is 4.14. The minimum Gasteiger partial charge on any atom is -0.458 e. The van der Waals surface area contributed by atoms with E-state index < -0.39 is 30.0 Å². The van der Waals surface area contributed by atoms with E-state index >= 15 is 0 Å². The molecule has 0 bridgehead atoms. The van der Waals surface area contributed by atoms with Crippen molar-refractivity contribution in [3.8, 4) is 22.9 Å². The fraction of sp³-hybridized carbons (Fsp3) is 0.318. The topological polar surface area (TPSA) is 120 Å². The molecule has 170 valence electrons. The molecule has 0 saturated carbocycles. The van der Waals surface area contributed by atoms with Crippen LogP contribution in [0.1, 0.15) is 35.6 Å². The van der Waals surface area contributed by atoms with Crippen LogP contribution in [0.15, 0.2) is 23.0 Å². The van der Waals surface area contributed by atoms with Crippen molar-refractivity contribution in [3.63, 3.8) is 0 Å². The SMILES string of the molecule is CCC1(O)C(=O)OCc2c1cc1n(c2=O)Cc2c-1nc1cc3c(cc1c2CO)OC(F)(F)O3. The fourth-order valence-corrected chi connectivity index (χ4v) is 4.79. The lowest BCUT2D eigenvalue weighted by molar-refractivity contribution is -0.286. The van der Waals surface area contributed by atoms with Gasteiger partial charge in [0.1, 0.15) is 6.61 Å². The van der Waals surface area contributed by atoms with Crippen LogP contribution in [0.3, 0.4) is 0 Å². The summed E-state index contributed by atoms with van der Waals surface area (Å²) in [6.45, 7) is 0.964. The minimum atomic E-state index is -3.81. The molecule has 0 saturated heterocycles. The average Bonchev–Trinajstić information content (AvgIpc) is 3.29. The molecule has 3 aliphatic rings. The Kier molecular flexibility index (Phi) is 3.81. The van der Waals surface area contributed by atoms with Crippen LogP contribution in [0.5, 0.6) is 11.5 Å². The molecular formula is C22H16F2N2O7. The Hall–Kier alpha value is -3.57. The van der Waals surface area contributed by atoms with Crippen molar-refractivity contribution in [2.24, 2.45) is 0 Å². The number of hydrogen-bond donors (Lipinski definition) is 2. The predicted octanol–water partition coefficient (Wildman–Crippen LogP) is 1.89. The molecule has 1 aromatic carbocycles. The normalized spacial score (nSPS) is 21.5. The van der Waals surface area contributed by atoms with Gasteiger partial charge in [-0.2, -0.15) is 0 Å². The molecule has 6 rings (SSSR count). The van der Waals surface area contributed by atoms with Crippen LogP contribution >= 0.6 is 0 Å². The molecule has 3 aromatic rings. The molecule has 2 N–H and O–H groups in total. The smallest absolute Gasteiger partial charge is 0.458 e. The number of carbonyl (C=O) groups excluding carboxylic acids is 1. The number of halogens is 2. The third-order valence-corrected chi connectivity index (χ3v) is 6.49. The maximum absolute atomic E-state index is 13.5. The van der Waals surface area contributed by atoms with E-state index in [0.29, 0.717) is 27.9 Å². The lowest BCUT2D eigenvalue weighted by atomic mass is 9.86. The highest BCUT2D eigenvalue weighted by molar-refractivity contribution is 5.91. The second kappa shape index (κ2) is 6.27. The molecule has 1 unspecified atom stereocenters. The van der Waals surface area contributed by atoms with E-state index in [4.69, 9.17) is 4.74 Å². The Bertz CT molecular complexity index is 1470. The van der Waals surface area contributed by atoms with Gasteiger partial charge in [0.05, 0.1) is 35.6 Å². The second-order valence-corrected chi connectivity index (χ2v) is 8.16. The lowest BCUT2D eigenvalue weighted by Crippen LogP contribution is -2.44. The van der Waals surface area contributed by atoms with Crippen molar-refractivity contribution in [1.82, 2.24) is 9.55 Å². The third kappa shape index (κ3) is 2.54. The zero-order valence-corrected chi connectivity index (χ0v) is 17.1. The summed E-state index contributed by atoms with van der Waals surface area (Å²) in [5.41, 5.74) is -0.221. The number of aliphatic hydroxyl groups excluding tert-OH is 1. The van der Waals surface area contributed by atoms with Gasteiger partial charge >= 0.3 is 12.3 Å². The number of pyridine rings is 2. The van der Waals surface area contributed by atoms with Gasteiger partial charge in [-0.15, -0.1) is 8.78 Å². The minimum absolute atomic E-state index is 0.000685. The zero-order chi connectivity index (χ0) is 23.3. The van der Waals surface area contributed by atoms with Crippen LogP contribution < -0.4 is 15.0 Å². The summed E-state index contributed by atoms with van der Waals surface area (Å²) in [5.74, 6) is -1.22. The molecule has 11 heteroatoms. The van der Waals surface area contributed by atoms with Crippen LogP contribution in [0, 0.1) is 0 Å². The number of rotatable bonds is 2. The molecule has 0 amide bonds. The number of alkyl halides is 2. The van der Waals surface area contributed by atoms with Crippen LogP contribution in [0.2, 0.25) is 0 Å². The van der Waals surface area contributed by atoms with Gasteiger partial charge in [-0.25, -0.2) is 9.78 Å². The van der Waals surface area contributed by atoms with E-state index in [1.807, 2.05) is 0 Å². The molecule has 0 spiro atoms. The summed E-state index contributed by atoms with van der Waals surface area (Å²) in [5, 5.41) is 21.5. The van der Waals surface area contributed by atoms with Gasteiger partial charge in [-0.1, -0.05) is 6.92 Å².